The molecular weight excluding hydrogens is 248 g/mol. The van der Waals surface area contributed by atoms with E-state index < -0.39 is 0 Å². The largest absolute Gasteiger partial charge is 0.395 e. The number of nitrogens with zero attached hydrogens (tertiary/aromatic N) is 4. The van der Waals surface area contributed by atoms with Crippen molar-refractivity contribution >= 4 is 11.5 Å². The molecule has 0 saturated heterocycles. The molecule has 7 nitrogen and oxygen atoms in total. The van der Waals surface area contributed by atoms with Crippen molar-refractivity contribution in [1.29, 1.82) is 0 Å². The minimum Gasteiger partial charge on any atom is -0.395 e. The van der Waals surface area contributed by atoms with Crippen molar-refractivity contribution in [3.8, 4) is 0 Å². The van der Waals surface area contributed by atoms with Gasteiger partial charge < -0.3 is 10.0 Å². The fourth-order valence-corrected chi connectivity index (χ4v) is 2.96. The lowest BCUT2D eigenvalue weighted by molar-refractivity contribution is -0.384. The Balaban J connectivity index is 2.43. The Bertz CT molecular complexity index is 466. The molecule has 19 heavy (non-hydrogen) atoms. The quantitative estimate of drug-likeness (QED) is 0.644. The number of aryl methyl sites for hydroxylation is 2. The summed E-state index contributed by atoms with van der Waals surface area (Å²) >= 11 is 0. The van der Waals surface area contributed by atoms with E-state index in [0.29, 0.717) is 18.1 Å². The summed E-state index contributed by atoms with van der Waals surface area (Å²) in [5.41, 5.74) is 0.478. The van der Waals surface area contributed by atoms with Crippen molar-refractivity contribution in [1.82, 2.24) is 9.78 Å². The Labute approximate surface area is 112 Å². The smallest absolute Gasteiger partial charge is 0.333 e. The number of hydrogen-bond donors (Lipinski definition) is 1. The molecule has 1 aliphatic rings. The third-order valence-corrected chi connectivity index (χ3v) is 3.72. The molecule has 2 rings (SSSR count). The zero-order valence-corrected chi connectivity index (χ0v) is 11.4. The average Bonchev–Trinajstić information content (AvgIpc) is 2.94. The van der Waals surface area contributed by atoms with Gasteiger partial charge in [0.05, 0.1) is 11.5 Å². The number of aromatic nitrogens is 2. The zero-order chi connectivity index (χ0) is 14.0. The highest BCUT2D eigenvalue weighted by Gasteiger charge is 2.33. The second-order valence-corrected chi connectivity index (χ2v) is 4.99. The van der Waals surface area contributed by atoms with Gasteiger partial charge in [-0.3, -0.25) is 10.1 Å². The van der Waals surface area contributed by atoms with Crippen molar-refractivity contribution < 1.29 is 10.0 Å². The van der Waals surface area contributed by atoms with Gasteiger partial charge in [0.25, 0.3) is 0 Å². The molecule has 1 fully saturated rings. The van der Waals surface area contributed by atoms with Crippen LogP contribution in [0.1, 0.15) is 31.4 Å². The SMILES string of the molecule is Cc1nn(C)c(N(CCO)C2CCCC2)c1[N+](=O)[O-]. The molecule has 1 N–H and O–H groups in total. The second-order valence-electron chi connectivity index (χ2n) is 4.99. The van der Waals surface area contributed by atoms with Gasteiger partial charge >= 0.3 is 5.69 Å². The van der Waals surface area contributed by atoms with Crippen LogP contribution in [-0.4, -0.2) is 39.0 Å². The molecule has 106 valence electrons. The fraction of sp³-hybridized carbons (Fsp3) is 0.750. The molecule has 1 aromatic heterocycles. The van der Waals surface area contributed by atoms with Gasteiger partial charge in [-0.25, -0.2) is 4.68 Å². The molecule has 0 atom stereocenters. The molecule has 1 heterocycles. The van der Waals surface area contributed by atoms with Gasteiger partial charge in [-0.2, -0.15) is 5.10 Å². The highest BCUT2D eigenvalue weighted by Crippen LogP contribution is 2.35. The third-order valence-electron chi connectivity index (χ3n) is 3.72. The normalized spacial score (nSPS) is 15.9. The summed E-state index contributed by atoms with van der Waals surface area (Å²) in [7, 11) is 1.72. The Morgan fingerprint density at radius 1 is 1.53 bits per heavy atom. The standard InChI is InChI=1S/C12H20N4O3/c1-9-11(16(18)19)12(14(2)13-9)15(7-8-17)10-5-3-4-6-10/h10,17H,3-8H2,1-2H3. The van der Waals surface area contributed by atoms with Crippen molar-refractivity contribution in [2.75, 3.05) is 18.1 Å². The number of hydrogen-bond acceptors (Lipinski definition) is 5. The Hall–Kier alpha value is -1.63. The number of aliphatic hydroxyl groups excluding tert-OH is 1. The number of nitro groups is 1. The summed E-state index contributed by atoms with van der Waals surface area (Å²) in [4.78, 5) is 12.8. The Kier molecular flexibility index (Phi) is 4.04. The summed E-state index contributed by atoms with van der Waals surface area (Å²) in [5, 5.41) is 24.6. The summed E-state index contributed by atoms with van der Waals surface area (Å²) in [6, 6.07) is 0.264. The predicted molar refractivity (Wildman–Crippen MR) is 71.3 cm³/mol. The molecule has 0 aromatic carbocycles. The van der Waals surface area contributed by atoms with Crippen LogP contribution in [-0.2, 0) is 7.05 Å². The van der Waals surface area contributed by atoms with Crippen LogP contribution in [0.5, 0.6) is 0 Å². The maximum absolute atomic E-state index is 11.2. The molecule has 1 aliphatic carbocycles. The molecule has 0 spiro atoms. The average molecular weight is 268 g/mol. The van der Waals surface area contributed by atoms with Crippen LogP contribution in [0.2, 0.25) is 0 Å². The number of aliphatic hydroxyl groups is 1. The lowest BCUT2D eigenvalue weighted by Gasteiger charge is -2.29. The lowest BCUT2D eigenvalue weighted by atomic mass is 10.2. The van der Waals surface area contributed by atoms with Crippen molar-refractivity contribution in [2.45, 2.75) is 38.6 Å². The fourth-order valence-electron chi connectivity index (χ4n) is 2.96. The maximum Gasteiger partial charge on any atom is 0.333 e. The summed E-state index contributed by atoms with van der Waals surface area (Å²) in [6.45, 7) is 2.04. The highest BCUT2D eigenvalue weighted by atomic mass is 16.6. The van der Waals surface area contributed by atoms with E-state index in [2.05, 4.69) is 5.10 Å². The van der Waals surface area contributed by atoms with E-state index >= 15 is 0 Å². The molecular formula is C12H20N4O3. The van der Waals surface area contributed by atoms with E-state index in [-0.39, 0.29) is 23.3 Å². The molecule has 0 radical (unpaired) electrons. The highest BCUT2D eigenvalue weighted by molar-refractivity contribution is 5.62. The van der Waals surface area contributed by atoms with Gasteiger partial charge in [0, 0.05) is 19.6 Å². The zero-order valence-electron chi connectivity index (χ0n) is 11.4. The van der Waals surface area contributed by atoms with Gasteiger partial charge in [0.1, 0.15) is 5.69 Å². The monoisotopic (exact) mass is 268 g/mol. The predicted octanol–water partition coefficient (Wildman–Crippen LogP) is 1.38. The summed E-state index contributed by atoms with van der Waals surface area (Å²) in [6.07, 6.45) is 4.30. The molecule has 1 saturated carbocycles. The van der Waals surface area contributed by atoms with E-state index in [4.69, 9.17) is 0 Å². The van der Waals surface area contributed by atoms with Gasteiger partial charge in [0.15, 0.2) is 0 Å². The second kappa shape index (κ2) is 5.56. The van der Waals surface area contributed by atoms with Crippen LogP contribution in [0, 0.1) is 17.0 Å². The third kappa shape index (κ3) is 2.56. The van der Waals surface area contributed by atoms with Crippen LogP contribution >= 0.6 is 0 Å². The van der Waals surface area contributed by atoms with Crippen LogP contribution in [0.15, 0.2) is 0 Å². The van der Waals surface area contributed by atoms with E-state index in [0.717, 1.165) is 25.7 Å². The van der Waals surface area contributed by atoms with Crippen LogP contribution < -0.4 is 4.90 Å². The lowest BCUT2D eigenvalue weighted by Crippen LogP contribution is -2.37. The molecule has 1 aromatic rings. The minimum absolute atomic E-state index is 0.0160. The number of anilines is 1. The number of rotatable bonds is 5. The van der Waals surface area contributed by atoms with Crippen LogP contribution in [0.25, 0.3) is 0 Å². The van der Waals surface area contributed by atoms with Crippen molar-refractivity contribution in [3.63, 3.8) is 0 Å². The summed E-state index contributed by atoms with van der Waals surface area (Å²) < 4.78 is 1.56. The van der Waals surface area contributed by atoms with Crippen LogP contribution in [0.3, 0.4) is 0 Å². The molecule has 7 heteroatoms. The van der Waals surface area contributed by atoms with E-state index in [1.165, 1.54) is 0 Å². The molecule has 0 aliphatic heterocycles. The van der Waals surface area contributed by atoms with Crippen LogP contribution in [0.4, 0.5) is 11.5 Å². The van der Waals surface area contributed by atoms with Crippen molar-refractivity contribution in [3.05, 3.63) is 15.8 Å². The Morgan fingerprint density at radius 2 is 2.16 bits per heavy atom. The topological polar surface area (TPSA) is 84.4 Å². The van der Waals surface area contributed by atoms with Crippen molar-refractivity contribution in [2.24, 2.45) is 7.05 Å². The van der Waals surface area contributed by atoms with Gasteiger partial charge in [-0.15, -0.1) is 0 Å². The van der Waals surface area contributed by atoms with Gasteiger partial charge in [0.2, 0.25) is 5.82 Å². The van der Waals surface area contributed by atoms with E-state index in [9.17, 15) is 15.2 Å². The first kappa shape index (κ1) is 13.8. The van der Waals surface area contributed by atoms with E-state index in [1.807, 2.05) is 4.90 Å². The first-order chi connectivity index (χ1) is 9.06. The minimum atomic E-state index is -0.378. The maximum atomic E-state index is 11.2. The molecule has 0 amide bonds. The van der Waals surface area contributed by atoms with Gasteiger partial charge in [-0.1, -0.05) is 12.8 Å². The Morgan fingerprint density at radius 3 is 2.68 bits per heavy atom. The molecule has 0 unspecified atom stereocenters. The first-order valence-corrected chi connectivity index (χ1v) is 6.61. The van der Waals surface area contributed by atoms with E-state index in [1.54, 1.807) is 18.7 Å². The molecule has 0 bridgehead atoms. The first-order valence-electron chi connectivity index (χ1n) is 6.61. The van der Waals surface area contributed by atoms with Gasteiger partial charge in [-0.05, 0) is 19.8 Å². The summed E-state index contributed by atoms with van der Waals surface area (Å²) in [5.74, 6) is 0.517.